The summed E-state index contributed by atoms with van der Waals surface area (Å²) in [6.45, 7) is 5.57. The number of para-hydroxylation sites is 1. The molecule has 27 heavy (non-hydrogen) atoms. The Bertz CT molecular complexity index is 982. The lowest BCUT2D eigenvalue weighted by molar-refractivity contribution is 0.0471. The molecule has 0 saturated carbocycles. The van der Waals surface area contributed by atoms with Crippen molar-refractivity contribution in [2.24, 2.45) is 0 Å². The number of ketones is 1. The topological polar surface area (TPSA) is 81.7 Å². The summed E-state index contributed by atoms with van der Waals surface area (Å²) in [5, 5.41) is 9.96. The molecule has 0 unspecified atom stereocenters. The second-order valence-electron chi connectivity index (χ2n) is 6.42. The van der Waals surface area contributed by atoms with E-state index >= 15 is 0 Å². The van der Waals surface area contributed by atoms with Crippen molar-refractivity contribution in [3.8, 4) is 5.75 Å². The van der Waals surface area contributed by atoms with Crippen molar-refractivity contribution >= 4 is 11.8 Å². The van der Waals surface area contributed by atoms with Crippen LogP contribution in [0.4, 0.5) is 0 Å². The molecule has 1 N–H and O–H groups in total. The molecule has 0 saturated heterocycles. The van der Waals surface area contributed by atoms with Gasteiger partial charge in [0.25, 0.3) is 0 Å². The predicted molar refractivity (Wildman–Crippen MR) is 99.2 cm³/mol. The van der Waals surface area contributed by atoms with Crippen LogP contribution in [0.2, 0.25) is 0 Å². The fraction of sp³-hybridized carbons (Fsp3) is 0.238. The molecule has 0 spiro atoms. The van der Waals surface area contributed by atoms with Crippen molar-refractivity contribution in [3.05, 3.63) is 76.5 Å². The van der Waals surface area contributed by atoms with Crippen molar-refractivity contribution in [2.45, 2.75) is 27.3 Å². The Kier molecular flexibility index (Phi) is 5.16. The molecule has 3 rings (SSSR count). The maximum Gasteiger partial charge on any atom is 0.342 e. The number of ether oxygens (including phenoxy) is 1. The second-order valence-corrected chi connectivity index (χ2v) is 6.42. The molecule has 3 aromatic rings. The summed E-state index contributed by atoms with van der Waals surface area (Å²) < 4.78 is 12.5. The first-order valence-corrected chi connectivity index (χ1v) is 8.56. The number of aromatic nitrogens is 1. The number of hydrogen-bond acceptors (Lipinski definition) is 5. The minimum atomic E-state index is -0.728. The summed E-state index contributed by atoms with van der Waals surface area (Å²) in [6.07, 6.45) is 1.61. The molecule has 6 nitrogen and oxygen atoms in total. The molecular weight excluding hydrogens is 346 g/mol. The fourth-order valence-corrected chi connectivity index (χ4v) is 3.00. The minimum Gasteiger partial charge on any atom is -0.507 e. The first kappa shape index (κ1) is 18.5. The third kappa shape index (κ3) is 3.79. The number of hydrogen-bond donors (Lipinski definition) is 1. The van der Waals surface area contributed by atoms with Crippen LogP contribution in [0, 0.1) is 20.8 Å². The van der Waals surface area contributed by atoms with E-state index in [0.717, 1.165) is 17.1 Å². The van der Waals surface area contributed by atoms with Gasteiger partial charge >= 0.3 is 5.97 Å². The number of Topliss-reactive ketones (excluding diaryl/α,β-unsaturated/α-hetero) is 1. The van der Waals surface area contributed by atoms with E-state index in [1.165, 1.54) is 6.07 Å². The van der Waals surface area contributed by atoms with Gasteiger partial charge in [-0.3, -0.25) is 4.79 Å². The summed E-state index contributed by atoms with van der Waals surface area (Å²) >= 11 is 0. The van der Waals surface area contributed by atoms with Gasteiger partial charge in [0.15, 0.2) is 6.61 Å². The van der Waals surface area contributed by atoms with Gasteiger partial charge in [0, 0.05) is 17.0 Å². The lowest BCUT2D eigenvalue weighted by atomic mass is 10.1. The maximum atomic E-state index is 12.5. The largest absolute Gasteiger partial charge is 0.507 e. The average Bonchev–Trinajstić information content (AvgIpc) is 3.25. The van der Waals surface area contributed by atoms with E-state index < -0.39 is 12.6 Å². The normalized spacial score (nSPS) is 10.8. The van der Waals surface area contributed by atoms with Crippen LogP contribution in [0.5, 0.6) is 5.75 Å². The molecule has 0 fully saturated rings. The van der Waals surface area contributed by atoms with E-state index in [1.54, 1.807) is 31.4 Å². The number of carbonyl (C=O) groups is 2. The molecular formula is C21H21NO5. The van der Waals surface area contributed by atoms with Gasteiger partial charge in [-0.2, -0.15) is 0 Å². The zero-order valence-corrected chi connectivity index (χ0v) is 15.5. The highest BCUT2D eigenvalue weighted by molar-refractivity contribution is 6.01. The van der Waals surface area contributed by atoms with Crippen LogP contribution in [0.1, 0.15) is 43.4 Å². The smallest absolute Gasteiger partial charge is 0.342 e. The third-order valence-corrected chi connectivity index (χ3v) is 4.56. The Morgan fingerprint density at radius 3 is 2.59 bits per heavy atom. The first-order valence-electron chi connectivity index (χ1n) is 8.56. The Balaban J connectivity index is 1.71. The monoisotopic (exact) mass is 367 g/mol. The number of phenolic OH excluding ortho intramolecular Hbond substituents is 1. The average molecular weight is 367 g/mol. The van der Waals surface area contributed by atoms with Crippen LogP contribution in [0.25, 0.3) is 0 Å². The second kappa shape index (κ2) is 7.53. The predicted octanol–water partition coefficient (Wildman–Crippen LogP) is 3.80. The summed E-state index contributed by atoms with van der Waals surface area (Å²) in [4.78, 5) is 24.7. The van der Waals surface area contributed by atoms with Gasteiger partial charge in [0.05, 0.1) is 12.8 Å². The highest BCUT2D eigenvalue weighted by atomic mass is 16.5. The number of furan rings is 1. The first-order chi connectivity index (χ1) is 12.9. The Hall–Kier alpha value is -3.28. The number of esters is 1. The number of aromatic hydroxyl groups is 1. The van der Waals surface area contributed by atoms with E-state index in [4.69, 9.17) is 9.15 Å². The lowest BCUT2D eigenvalue weighted by Crippen LogP contribution is -2.15. The molecule has 1 aromatic carbocycles. The quantitative estimate of drug-likeness (QED) is 0.529. The van der Waals surface area contributed by atoms with Crippen LogP contribution in [-0.4, -0.2) is 28.0 Å². The molecule has 6 heteroatoms. The minimum absolute atomic E-state index is 0.0473. The number of nitrogens with zero attached hydrogens (tertiary/aromatic N) is 1. The van der Waals surface area contributed by atoms with E-state index in [9.17, 15) is 14.7 Å². The van der Waals surface area contributed by atoms with Crippen LogP contribution in [0.3, 0.4) is 0 Å². The van der Waals surface area contributed by atoms with Crippen molar-refractivity contribution in [1.82, 2.24) is 4.57 Å². The molecule has 0 radical (unpaired) electrons. The van der Waals surface area contributed by atoms with Crippen LogP contribution in [-0.2, 0) is 11.3 Å². The molecule has 0 atom stereocenters. The molecule has 0 aliphatic carbocycles. The Morgan fingerprint density at radius 2 is 1.89 bits per heavy atom. The molecule has 0 bridgehead atoms. The SMILES string of the molecule is Cc1cccc(C(=O)OCC(=O)c2cc(C)n(Cc3ccco3)c2C)c1O. The van der Waals surface area contributed by atoms with Gasteiger partial charge in [0.1, 0.15) is 17.1 Å². The van der Waals surface area contributed by atoms with Gasteiger partial charge in [-0.25, -0.2) is 4.79 Å². The summed E-state index contributed by atoms with van der Waals surface area (Å²) in [7, 11) is 0. The van der Waals surface area contributed by atoms with Gasteiger partial charge in [0.2, 0.25) is 5.78 Å². The van der Waals surface area contributed by atoms with Crippen LogP contribution in [0.15, 0.2) is 47.1 Å². The number of benzene rings is 1. The van der Waals surface area contributed by atoms with Crippen molar-refractivity contribution in [3.63, 3.8) is 0 Å². The molecule has 0 amide bonds. The molecule has 0 aliphatic heterocycles. The number of carbonyl (C=O) groups excluding carboxylic acids is 2. The fourth-order valence-electron chi connectivity index (χ4n) is 3.00. The van der Waals surface area contributed by atoms with Crippen molar-refractivity contribution in [1.29, 1.82) is 0 Å². The van der Waals surface area contributed by atoms with Crippen LogP contribution < -0.4 is 0 Å². The van der Waals surface area contributed by atoms with Crippen molar-refractivity contribution < 1.29 is 23.8 Å². The molecule has 2 heterocycles. The Morgan fingerprint density at radius 1 is 1.11 bits per heavy atom. The molecule has 0 aliphatic rings. The van der Waals surface area contributed by atoms with Gasteiger partial charge in [-0.15, -0.1) is 0 Å². The summed E-state index contributed by atoms with van der Waals surface area (Å²) in [5.74, 6) is -0.369. The highest BCUT2D eigenvalue weighted by Gasteiger charge is 2.20. The van der Waals surface area contributed by atoms with E-state index in [2.05, 4.69) is 0 Å². The highest BCUT2D eigenvalue weighted by Crippen LogP contribution is 2.23. The summed E-state index contributed by atoms with van der Waals surface area (Å²) in [6, 6.07) is 10.3. The third-order valence-electron chi connectivity index (χ3n) is 4.56. The summed E-state index contributed by atoms with van der Waals surface area (Å²) in [5.41, 5.74) is 2.81. The standard InChI is InChI=1S/C21H21NO5/c1-13-6-4-8-17(20(13)24)21(25)27-12-19(23)18-10-14(2)22(15(18)3)11-16-7-5-9-26-16/h4-10,24H,11-12H2,1-3H3. The van der Waals surface area contributed by atoms with Gasteiger partial charge < -0.3 is 18.8 Å². The van der Waals surface area contributed by atoms with Crippen molar-refractivity contribution in [2.75, 3.05) is 6.61 Å². The van der Waals surface area contributed by atoms with E-state index in [-0.39, 0.29) is 17.1 Å². The number of phenols is 1. The molecule has 140 valence electrons. The maximum absolute atomic E-state index is 12.5. The van der Waals surface area contributed by atoms with Crippen LogP contribution >= 0.6 is 0 Å². The van der Waals surface area contributed by atoms with E-state index in [1.807, 2.05) is 30.5 Å². The lowest BCUT2D eigenvalue weighted by Gasteiger charge is -2.09. The Labute approximate surface area is 157 Å². The number of rotatable bonds is 6. The zero-order valence-electron chi connectivity index (χ0n) is 15.5. The van der Waals surface area contributed by atoms with Gasteiger partial charge in [-0.1, -0.05) is 12.1 Å². The van der Waals surface area contributed by atoms with E-state index in [0.29, 0.717) is 17.7 Å². The van der Waals surface area contributed by atoms with Gasteiger partial charge in [-0.05, 0) is 50.6 Å². The number of aryl methyl sites for hydroxylation is 2. The zero-order chi connectivity index (χ0) is 19.6. The molecule has 2 aromatic heterocycles.